The number of hydrogen-bond acceptors (Lipinski definition) is 4. The van der Waals surface area contributed by atoms with Crippen molar-refractivity contribution in [2.75, 3.05) is 20.2 Å². The second kappa shape index (κ2) is 12.5. The number of aliphatic hydroxyl groups is 1. The summed E-state index contributed by atoms with van der Waals surface area (Å²) < 4.78 is 34.7. The van der Waals surface area contributed by atoms with Crippen LogP contribution in [0, 0.1) is 0 Å². The Morgan fingerprint density at radius 2 is 1.83 bits per heavy atom. The molecule has 166 valence electrons. The number of hydrogen-bond donors (Lipinski definition) is 3. The molecule has 9 heteroatoms. The summed E-state index contributed by atoms with van der Waals surface area (Å²) in [4.78, 5) is 4.46. The lowest BCUT2D eigenvalue weighted by atomic mass is 9.96. The lowest BCUT2D eigenvalue weighted by molar-refractivity contribution is -0.0512. The van der Waals surface area contributed by atoms with E-state index in [1.807, 2.05) is 37.3 Å². The van der Waals surface area contributed by atoms with E-state index in [2.05, 4.69) is 20.4 Å². The van der Waals surface area contributed by atoms with Crippen LogP contribution in [0.25, 0.3) is 0 Å². The van der Waals surface area contributed by atoms with E-state index in [9.17, 15) is 13.9 Å². The van der Waals surface area contributed by atoms with Gasteiger partial charge >= 0.3 is 6.61 Å². The molecule has 0 heterocycles. The molecule has 0 saturated carbocycles. The number of benzene rings is 2. The topological polar surface area (TPSA) is 75.1 Å². The Hall–Kier alpha value is -2.14. The minimum Gasteiger partial charge on any atom is -0.493 e. The zero-order chi connectivity index (χ0) is 21.3. The van der Waals surface area contributed by atoms with Crippen LogP contribution in [-0.2, 0) is 12.1 Å². The van der Waals surface area contributed by atoms with Gasteiger partial charge in [0.15, 0.2) is 17.5 Å². The Morgan fingerprint density at radius 1 is 1.13 bits per heavy atom. The highest BCUT2D eigenvalue weighted by Crippen LogP contribution is 2.29. The minimum absolute atomic E-state index is 0. The van der Waals surface area contributed by atoms with Crippen molar-refractivity contribution < 1.29 is 23.4 Å². The summed E-state index contributed by atoms with van der Waals surface area (Å²) in [6, 6.07) is 14.1. The van der Waals surface area contributed by atoms with Crippen molar-refractivity contribution in [3.63, 3.8) is 0 Å². The molecule has 0 bridgehead atoms. The fraction of sp³-hybridized carbons (Fsp3) is 0.381. The second-order valence-corrected chi connectivity index (χ2v) is 6.55. The first-order valence-electron chi connectivity index (χ1n) is 9.27. The SMILES string of the molecule is CCNC(=NCc1ccc(OC)c(OC(F)F)c1)NCC(C)(O)c1ccccc1.I. The molecular weight excluding hydrogens is 507 g/mol. The van der Waals surface area contributed by atoms with Gasteiger partial charge in [-0.2, -0.15) is 8.78 Å². The van der Waals surface area contributed by atoms with Gasteiger partial charge in [0.2, 0.25) is 0 Å². The van der Waals surface area contributed by atoms with Crippen LogP contribution in [-0.4, -0.2) is 37.9 Å². The summed E-state index contributed by atoms with van der Waals surface area (Å²) >= 11 is 0. The molecule has 2 rings (SSSR count). The molecule has 2 aromatic carbocycles. The molecule has 1 atom stereocenters. The molecule has 0 amide bonds. The monoisotopic (exact) mass is 535 g/mol. The zero-order valence-electron chi connectivity index (χ0n) is 17.2. The Balaban J connectivity index is 0.00000450. The number of nitrogens with zero attached hydrogens (tertiary/aromatic N) is 1. The molecule has 30 heavy (non-hydrogen) atoms. The standard InChI is InChI=1S/C21H27F2N3O3.HI/c1-4-24-20(26-14-21(2,27)16-8-6-5-7-9-16)25-13-15-10-11-17(28-3)18(12-15)29-19(22)23;/h5-12,19,27H,4,13-14H2,1-3H3,(H2,24,25,26);1H. The van der Waals surface area contributed by atoms with E-state index < -0.39 is 12.2 Å². The van der Waals surface area contributed by atoms with Gasteiger partial charge in [-0.25, -0.2) is 4.99 Å². The van der Waals surface area contributed by atoms with Gasteiger partial charge in [0.05, 0.1) is 20.2 Å². The van der Waals surface area contributed by atoms with E-state index in [-0.39, 0.29) is 48.6 Å². The van der Waals surface area contributed by atoms with Crippen LogP contribution in [0.15, 0.2) is 53.5 Å². The lowest BCUT2D eigenvalue weighted by Crippen LogP contribution is -2.44. The number of guanidine groups is 1. The van der Waals surface area contributed by atoms with E-state index in [0.29, 0.717) is 18.1 Å². The van der Waals surface area contributed by atoms with E-state index in [1.165, 1.54) is 13.2 Å². The third kappa shape index (κ3) is 7.94. The van der Waals surface area contributed by atoms with Crippen LogP contribution in [0.5, 0.6) is 11.5 Å². The molecule has 0 aliphatic heterocycles. The molecule has 0 radical (unpaired) electrons. The van der Waals surface area contributed by atoms with Gasteiger partial charge in [0, 0.05) is 6.54 Å². The Bertz CT molecular complexity index is 805. The summed E-state index contributed by atoms with van der Waals surface area (Å²) in [6.07, 6.45) is 0. The van der Waals surface area contributed by atoms with Crippen LogP contribution in [0.3, 0.4) is 0 Å². The molecule has 0 spiro atoms. The van der Waals surface area contributed by atoms with Gasteiger partial charge in [-0.3, -0.25) is 0 Å². The van der Waals surface area contributed by atoms with Gasteiger partial charge in [-0.15, -0.1) is 24.0 Å². The molecular formula is C21H28F2IN3O3. The predicted octanol–water partition coefficient (Wildman–Crippen LogP) is 3.88. The number of halogens is 3. The van der Waals surface area contributed by atoms with E-state index in [1.54, 1.807) is 19.1 Å². The van der Waals surface area contributed by atoms with Crippen LogP contribution in [0.2, 0.25) is 0 Å². The van der Waals surface area contributed by atoms with Crippen LogP contribution in [0.1, 0.15) is 25.0 Å². The van der Waals surface area contributed by atoms with Gasteiger partial charge in [-0.1, -0.05) is 36.4 Å². The smallest absolute Gasteiger partial charge is 0.387 e. The van der Waals surface area contributed by atoms with Gasteiger partial charge in [-0.05, 0) is 37.1 Å². The van der Waals surface area contributed by atoms with Gasteiger partial charge in [0.1, 0.15) is 5.60 Å². The third-order valence-electron chi connectivity index (χ3n) is 4.20. The molecule has 2 aromatic rings. The number of rotatable bonds is 9. The molecule has 0 aliphatic rings. The number of ether oxygens (including phenoxy) is 2. The van der Waals surface area contributed by atoms with Gasteiger partial charge in [0.25, 0.3) is 0 Å². The molecule has 6 nitrogen and oxygen atoms in total. The summed E-state index contributed by atoms with van der Waals surface area (Å²) in [6.45, 7) is 1.80. The normalized spacial score (nSPS) is 13.2. The number of aliphatic imine (C=N–C) groups is 1. The van der Waals surface area contributed by atoms with Crippen molar-refractivity contribution in [1.82, 2.24) is 10.6 Å². The second-order valence-electron chi connectivity index (χ2n) is 6.55. The zero-order valence-corrected chi connectivity index (χ0v) is 19.5. The molecule has 1 unspecified atom stereocenters. The quantitative estimate of drug-likeness (QED) is 0.258. The molecule has 0 fully saturated rings. The predicted molar refractivity (Wildman–Crippen MR) is 124 cm³/mol. The molecule has 0 aromatic heterocycles. The average Bonchev–Trinajstić information content (AvgIpc) is 2.70. The maximum absolute atomic E-state index is 12.6. The van der Waals surface area contributed by atoms with Crippen LogP contribution < -0.4 is 20.1 Å². The summed E-state index contributed by atoms with van der Waals surface area (Å²) in [5, 5.41) is 16.9. The molecule has 0 aliphatic carbocycles. The Labute approximate surface area is 192 Å². The van der Waals surface area contributed by atoms with Crippen molar-refractivity contribution in [2.45, 2.75) is 32.6 Å². The molecule has 0 saturated heterocycles. The van der Waals surface area contributed by atoms with Crippen molar-refractivity contribution >= 4 is 29.9 Å². The van der Waals surface area contributed by atoms with E-state index in [0.717, 1.165) is 5.56 Å². The highest BCUT2D eigenvalue weighted by Gasteiger charge is 2.23. The Kier molecular flexibility index (Phi) is 10.8. The van der Waals surface area contributed by atoms with Crippen LogP contribution in [0.4, 0.5) is 8.78 Å². The van der Waals surface area contributed by atoms with Crippen molar-refractivity contribution in [2.24, 2.45) is 4.99 Å². The van der Waals surface area contributed by atoms with Crippen molar-refractivity contribution in [1.29, 1.82) is 0 Å². The molecule has 3 N–H and O–H groups in total. The highest BCUT2D eigenvalue weighted by molar-refractivity contribution is 14.0. The van der Waals surface area contributed by atoms with Crippen molar-refractivity contribution in [3.05, 3.63) is 59.7 Å². The lowest BCUT2D eigenvalue weighted by Gasteiger charge is -2.25. The fourth-order valence-electron chi connectivity index (χ4n) is 2.67. The third-order valence-corrected chi connectivity index (χ3v) is 4.20. The van der Waals surface area contributed by atoms with Gasteiger partial charge < -0.3 is 25.2 Å². The average molecular weight is 535 g/mol. The fourth-order valence-corrected chi connectivity index (χ4v) is 2.67. The van der Waals surface area contributed by atoms with Crippen LogP contribution >= 0.6 is 24.0 Å². The number of nitrogens with one attached hydrogen (secondary N) is 2. The van der Waals surface area contributed by atoms with E-state index >= 15 is 0 Å². The summed E-state index contributed by atoms with van der Waals surface area (Å²) in [5.74, 6) is 0.679. The van der Waals surface area contributed by atoms with E-state index in [4.69, 9.17) is 4.74 Å². The number of alkyl halides is 2. The highest BCUT2D eigenvalue weighted by atomic mass is 127. The maximum Gasteiger partial charge on any atom is 0.387 e. The first-order valence-corrected chi connectivity index (χ1v) is 9.27. The maximum atomic E-state index is 12.6. The summed E-state index contributed by atoms with van der Waals surface area (Å²) in [5.41, 5.74) is 0.372. The Morgan fingerprint density at radius 3 is 2.43 bits per heavy atom. The number of methoxy groups -OCH3 is 1. The van der Waals surface area contributed by atoms with Crippen molar-refractivity contribution in [3.8, 4) is 11.5 Å². The summed E-state index contributed by atoms with van der Waals surface area (Å²) in [7, 11) is 1.39. The first-order chi connectivity index (χ1) is 13.9. The largest absolute Gasteiger partial charge is 0.493 e. The minimum atomic E-state index is -2.94. The first kappa shape index (κ1) is 25.9.